The molecule has 1 aromatic carbocycles. The number of nitrogens with one attached hydrogen (secondary N) is 2. The Morgan fingerprint density at radius 2 is 1.92 bits per heavy atom. The van der Waals surface area contributed by atoms with Crippen LogP contribution in [0.1, 0.15) is 39.0 Å². The number of nitrogens with zero attached hydrogens (tertiary/aromatic N) is 2. The molecular weight excluding hydrogens is 328 g/mol. The summed E-state index contributed by atoms with van der Waals surface area (Å²) in [5, 5.41) is 6.69. The number of fused-ring (bicyclic) bond motifs is 1. The maximum Gasteiger partial charge on any atom is 0.195 e. The molecule has 0 aromatic heterocycles. The van der Waals surface area contributed by atoms with Gasteiger partial charge in [0, 0.05) is 37.3 Å². The summed E-state index contributed by atoms with van der Waals surface area (Å²) in [5.41, 5.74) is 0.957. The lowest BCUT2D eigenvalue weighted by Gasteiger charge is -2.23. The van der Waals surface area contributed by atoms with Gasteiger partial charge >= 0.3 is 0 Å². The molecule has 6 nitrogen and oxygen atoms in total. The highest BCUT2D eigenvalue weighted by Gasteiger charge is 2.18. The first-order valence-electron chi connectivity index (χ1n) is 9.91. The van der Waals surface area contributed by atoms with Crippen LogP contribution >= 0.6 is 0 Å². The Hall–Kier alpha value is -1.95. The molecule has 1 aliphatic carbocycles. The second-order valence-electron chi connectivity index (χ2n) is 7.02. The largest absolute Gasteiger partial charge is 0.490 e. The van der Waals surface area contributed by atoms with Gasteiger partial charge in [0.15, 0.2) is 17.5 Å². The molecule has 1 fully saturated rings. The second-order valence-corrected chi connectivity index (χ2v) is 7.02. The van der Waals surface area contributed by atoms with E-state index >= 15 is 0 Å². The van der Waals surface area contributed by atoms with Gasteiger partial charge in [-0.25, -0.2) is 0 Å². The fourth-order valence-corrected chi connectivity index (χ4v) is 3.53. The number of likely N-dealkylation sites (N-methyl/N-ethyl adjacent to an activating group) is 1. The predicted molar refractivity (Wildman–Crippen MR) is 107 cm³/mol. The third kappa shape index (κ3) is 5.27. The van der Waals surface area contributed by atoms with E-state index in [1.165, 1.54) is 25.7 Å². The van der Waals surface area contributed by atoms with E-state index in [1.807, 2.05) is 18.2 Å². The fourth-order valence-electron chi connectivity index (χ4n) is 3.53. The zero-order valence-electron chi connectivity index (χ0n) is 16.1. The minimum Gasteiger partial charge on any atom is -0.490 e. The van der Waals surface area contributed by atoms with Gasteiger partial charge in [0.25, 0.3) is 0 Å². The van der Waals surface area contributed by atoms with Crippen molar-refractivity contribution >= 4 is 11.6 Å². The van der Waals surface area contributed by atoms with Crippen molar-refractivity contribution < 1.29 is 9.47 Å². The Morgan fingerprint density at radius 3 is 2.69 bits per heavy atom. The van der Waals surface area contributed by atoms with Gasteiger partial charge in [0.05, 0.1) is 19.8 Å². The lowest BCUT2D eigenvalue weighted by Crippen LogP contribution is -2.34. The molecule has 1 aliphatic heterocycles. The van der Waals surface area contributed by atoms with Crippen LogP contribution in [0.15, 0.2) is 23.2 Å². The van der Waals surface area contributed by atoms with Gasteiger partial charge in [-0.05, 0) is 38.9 Å². The maximum absolute atomic E-state index is 5.77. The fraction of sp³-hybridized carbons (Fsp3) is 0.650. The predicted octanol–water partition coefficient (Wildman–Crippen LogP) is 3.10. The molecule has 1 heterocycles. The van der Waals surface area contributed by atoms with Gasteiger partial charge in [-0.1, -0.05) is 12.8 Å². The number of aliphatic imine (C=N–C) groups is 1. The summed E-state index contributed by atoms with van der Waals surface area (Å²) in [4.78, 5) is 7.18. The molecule has 2 N–H and O–H groups in total. The van der Waals surface area contributed by atoms with E-state index in [0.29, 0.717) is 13.2 Å². The first-order valence-corrected chi connectivity index (χ1v) is 9.91. The molecule has 1 saturated carbocycles. The van der Waals surface area contributed by atoms with Crippen LogP contribution in [0.25, 0.3) is 0 Å². The van der Waals surface area contributed by atoms with E-state index in [1.54, 1.807) is 0 Å². The first-order chi connectivity index (χ1) is 12.8. The highest BCUT2D eigenvalue weighted by Crippen LogP contribution is 2.32. The number of rotatable bonds is 6. The van der Waals surface area contributed by atoms with Crippen molar-refractivity contribution in [1.29, 1.82) is 0 Å². The van der Waals surface area contributed by atoms with Crippen molar-refractivity contribution in [3.63, 3.8) is 0 Å². The van der Waals surface area contributed by atoms with E-state index in [0.717, 1.165) is 55.2 Å². The molecule has 6 heteroatoms. The van der Waals surface area contributed by atoms with Crippen LogP contribution in [0.4, 0.5) is 5.69 Å². The first kappa shape index (κ1) is 18.8. The summed E-state index contributed by atoms with van der Waals surface area (Å²) in [6.07, 6.45) is 6.31. The highest BCUT2D eigenvalue weighted by molar-refractivity contribution is 5.93. The van der Waals surface area contributed by atoms with Gasteiger partial charge in [-0.15, -0.1) is 0 Å². The van der Waals surface area contributed by atoms with Crippen LogP contribution in [0.3, 0.4) is 0 Å². The Bertz CT molecular complexity index is 599. The van der Waals surface area contributed by atoms with Crippen molar-refractivity contribution in [1.82, 2.24) is 10.2 Å². The minimum atomic E-state index is 0.693. The molecule has 0 atom stereocenters. The molecule has 0 unspecified atom stereocenters. The van der Waals surface area contributed by atoms with Crippen LogP contribution in [-0.4, -0.2) is 56.8 Å². The van der Waals surface area contributed by atoms with Crippen LogP contribution in [-0.2, 0) is 0 Å². The maximum atomic E-state index is 5.77. The summed E-state index contributed by atoms with van der Waals surface area (Å²) < 4.78 is 11.5. The Morgan fingerprint density at radius 1 is 1.15 bits per heavy atom. The van der Waals surface area contributed by atoms with E-state index in [-0.39, 0.29) is 0 Å². The van der Waals surface area contributed by atoms with Crippen molar-refractivity contribution in [3.8, 4) is 11.5 Å². The Balaban J connectivity index is 1.57. The molecule has 0 saturated heterocycles. The molecule has 26 heavy (non-hydrogen) atoms. The summed E-state index contributed by atoms with van der Waals surface area (Å²) in [6, 6.07) is 6.69. The van der Waals surface area contributed by atoms with Crippen molar-refractivity contribution in [2.45, 2.75) is 45.1 Å². The average molecular weight is 361 g/mol. The van der Waals surface area contributed by atoms with E-state index in [4.69, 9.17) is 14.5 Å². The van der Waals surface area contributed by atoms with Gasteiger partial charge in [0.2, 0.25) is 0 Å². The normalized spacial score (nSPS) is 18.0. The Kier molecular flexibility index (Phi) is 7.00. The van der Waals surface area contributed by atoms with Crippen LogP contribution in [0.5, 0.6) is 11.5 Å². The number of ether oxygens (including phenoxy) is 2. The molecule has 0 amide bonds. The average Bonchev–Trinajstić information content (AvgIpc) is 3.08. The van der Waals surface area contributed by atoms with Crippen LogP contribution in [0.2, 0.25) is 0 Å². The molecule has 2 aliphatic rings. The third-order valence-electron chi connectivity index (χ3n) is 5.03. The van der Waals surface area contributed by atoms with Crippen molar-refractivity contribution in [2.24, 2.45) is 4.99 Å². The standard InChI is InChI=1S/C20H32N4O2/c1-3-21-20(22-11-12-24(2)17-7-4-5-8-17)23-16-9-10-18-19(15-16)26-14-6-13-25-18/h9-10,15,17H,3-8,11-14H2,1-2H3,(H2,21,22,23). The molecule has 144 valence electrons. The van der Waals surface area contributed by atoms with Crippen molar-refractivity contribution in [3.05, 3.63) is 18.2 Å². The monoisotopic (exact) mass is 360 g/mol. The van der Waals surface area contributed by atoms with E-state index in [2.05, 4.69) is 29.5 Å². The number of guanidine groups is 1. The van der Waals surface area contributed by atoms with E-state index in [9.17, 15) is 0 Å². The molecule has 0 bridgehead atoms. The number of benzene rings is 1. The number of hydrogen-bond acceptors (Lipinski definition) is 4. The van der Waals surface area contributed by atoms with Crippen molar-refractivity contribution in [2.75, 3.05) is 45.2 Å². The molecule has 3 rings (SSSR count). The number of anilines is 1. The zero-order chi connectivity index (χ0) is 18.2. The Labute approximate surface area is 157 Å². The lowest BCUT2D eigenvalue weighted by molar-refractivity contribution is 0.252. The zero-order valence-corrected chi connectivity index (χ0v) is 16.1. The SMILES string of the molecule is CCNC(=NCCN(C)C1CCCC1)Nc1ccc2c(c1)OCCCO2. The van der Waals surface area contributed by atoms with Crippen LogP contribution < -0.4 is 20.1 Å². The quantitative estimate of drug-likeness (QED) is 0.603. The summed E-state index contributed by atoms with van der Waals surface area (Å²) in [6.45, 7) is 6.08. The van der Waals surface area contributed by atoms with E-state index < -0.39 is 0 Å². The third-order valence-corrected chi connectivity index (χ3v) is 5.03. The summed E-state index contributed by atoms with van der Waals surface area (Å²) in [5.74, 6) is 2.42. The molecule has 0 radical (unpaired) electrons. The summed E-state index contributed by atoms with van der Waals surface area (Å²) >= 11 is 0. The second kappa shape index (κ2) is 9.67. The van der Waals surface area contributed by atoms with Gasteiger partial charge < -0.3 is 25.0 Å². The summed E-state index contributed by atoms with van der Waals surface area (Å²) in [7, 11) is 2.22. The van der Waals surface area contributed by atoms with Gasteiger partial charge in [0.1, 0.15) is 0 Å². The molecule has 1 aromatic rings. The van der Waals surface area contributed by atoms with Crippen LogP contribution in [0, 0.1) is 0 Å². The van der Waals surface area contributed by atoms with Gasteiger partial charge in [-0.3, -0.25) is 4.99 Å². The molecule has 0 spiro atoms. The topological polar surface area (TPSA) is 58.1 Å². The molecular formula is C20H32N4O2. The lowest BCUT2D eigenvalue weighted by atomic mass is 10.2. The number of hydrogen-bond donors (Lipinski definition) is 2. The van der Waals surface area contributed by atoms with Gasteiger partial charge in [-0.2, -0.15) is 0 Å². The minimum absolute atomic E-state index is 0.693. The highest BCUT2D eigenvalue weighted by atomic mass is 16.5. The smallest absolute Gasteiger partial charge is 0.195 e.